The maximum absolute atomic E-state index is 12.3. The van der Waals surface area contributed by atoms with Crippen LogP contribution in [0.15, 0.2) is 78.3 Å². The molecule has 4 aromatic rings. The first kappa shape index (κ1) is 20.7. The van der Waals surface area contributed by atoms with E-state index in [-0.39, 0.29) is 5.91 Å². The maximum atomic E-state index is 12.3. The van der Waals surface area contributed by atoms with Gasteiger partial charge in [0.1, 0.15) is 5.76 Å². The summed E-state index contributed by atoms with van der Waals surface area (Å²) < 4.78 is 7.90. The zero-order chi connectivity index (χ0) is 21.4. The number of benzene rings is 2. The molecule has 0 aliphatic carbocycles. The van der Waals surface area contributed by atoms with Crippen LogP contribution in [0.5, 0.6) is 0 Å². The van der Waals surface area contributed by atoms with Gasteiger partial charge in [0.15, 0.2) is 14.6 Å². The van der Waals surface area contributed by atoms with E-state index in [0.717, 1.165) is 14.6 Å². The molecule has 5 rings (SSSR count). The van der Waals surface area contributed by atoms with Crippen molar-refractivity contribution >= 4 is 91.1 Å². The number of aromatic nitrogens is 1. The number of rotatable bonds is 4. The predicted octanol–water partition coefficient (Wildman–Crippen LogP) is 7.24. The molecule has 0 spiro atoms. The van der Waals surface area contributed by atoms with Crippen molar-refractivity contribution in [2.45, 2.75) is 9.43 Å². The van der Waals surface area contributed by atoms with Crippen molar-refractivity contribution in [3.8, 4) is 0 Å². The quantitative estimate of drug-likeness (QED) is 0.297. The Kier molecular flexibility index (Phi) is 5.81. The number of carbonyl (C=O) groups is 1. The summed E-state index contributed by atoms with van der Waals surface area (Å²) in [7, 11) is 0. The van der Waals surface area contributed by atoms with Crippen LogP contribution < -0.4 is 5.32 Å². The van der Waals surface area contributed by atoms with Crippen LogP contribution in [0, 0.1) is 0 Å². The normalized spacial score (nSPS) is 16.5. The molecule has 154 valence electrons. The van der Waals surface area contributed by atoms with Gasteiger partial charge < -0.3 is 9.73 Å². The molecule has 31 heavy (non-hydrogen) atoms. The van der Waals surface area contributed by atoms with Crippen molar-refractivity contribution in [3.05, 3.63) is 75.3 Å². The van der Waals surface area contributed by atoms with Gasteiger partial charge in [-0.1, -0.05) is 35.3 Å². The number of thioether (sulfide) groups is 1. The smallest absolute Gasteiger partial charge is 0.264 e. The molecule has 1 amide bonds. The third kappa shape index (κ3) is 4.68. The summed E-state index contributed by atoms with van der Waals surface area (Å²) in [5, 5.41) is 4.77. The van der Waals surface area contributed by atoms with E-state index in [9.17, 15) is 4.79 Å². The van der Waals surface area contributed by atoms with E-state index >= 15 is 0 Å². The van der Waals surface area contributed by atoms with Crippen LogP contribution in [-0.4, -0.2) is 16.1 Å². The van der Waals surface area contributed by atoms with Gasteiger partial charge >= 0.3 is 0 Å². The van der Waals surface area contributed by atoms with Gasteiger partial charge in [0.05, 0.1) is 30.9 Å². The first-order valence-electron chi connectivity index (χ1n) is 8.91. The second kappa shape index (κ2) is 8.72. The monoisotopic (exact) mass is 503 g/mol. The topological polar surface area (TPSA) is 67.5 Å². The lowest BCUT2D eigenvalue weighted by Gasteiger charge is -1.98. The minimum absolute atomic E-state index is 0.236. The maximum Gasteiger partial charge on any atom is 0.264 e. The van der Waals surface area contributed by atoms with E-state index < -0.39 is 0 Å². The highest BCUT2D eigenvalue weighted by Crippen LogP contribution is 2.36. The molecular formula is C21H11Cl2N3O2S3. The van der Waals surface area contributed by atoms with Crippen LogP contribution in [0.2, 0.25) is 10.0 Å². The van der Waals surface area contributed by atoms with Crippen molar-refractivity contribution in [1.29, 1.82) is 0 Å². The van der Waals surface area contributed by atoms with Gasteiger partial charge in [-0.25, -0.2) is 9.98 Å². The fourth-order valence-corrected chi connectivity index (χ4v) is 5.81. The van der Waals surface area contributed by atoms with Crippen LogP contribution in [0.4, 0.5) is 5.69 Å². The number of para-hydroxylation sites is 1. The Morgan fingerprint density at radius 2 is 1.97 bits per heavy atom. The number of thiazole rings is 1. The summed E-state index contributed by atoms with van der Waals surface area (Å²) in [6, 6.07) is 16.7. The summed E-state index contributed by atoms with van der Waals surface area (Å²) in [5.41, 5.74) is 1.57. The number of aliphatic imine (C=N–C) groups is 1. The first-order valence-corrected chi connectivity index (χ1v) is 12.1. The fourth-order valence-electron chi connectivity index (χ4n) is 2.73. The number of amidine groups is 1. The standard InChI is InChI=1S/C21H11Cl2N3O2S3/c22-13-7-5-11(9-14(13)23)24-20-26-19(27)17(29-20)10-12-6-8-18(28-12)31-21-25-15-3-1-2-4-16(15)30-21/h1-10H,(H,24,26,27)/b17-10-. The largest absolute Gasteiger partial charge is 0.450 e. The van der Waals surface area contributed by atoms with E-state index in [1.165, 1.54) is 23.5 Å². The van der Waals surface area contributed by atoms with Gasteiger partial charge in [-0.15, -0.1) is 11.3 Å². The minimum atomic E-state index is -0.236. The van der Waals surface area contributed by atoms with Crippen molar-refractivity contribution in [2.75, 3.05) is 0 Å². The van der Waals surface area contributed by atoms with Crippen LogP contribution in [0.25, 0.3) is 16.3 Å². The Hall–Kier alpha value is -2.23. The third-order valence-corrected chi connectivity index (χ3v) is 7.79. The van der Waals surface area contributed by atoms with Crippen molar-refractivity contribution < 1.29 is 9.21 Å². The molecule has 1 N–H and O–H groups in total. The zero-order valence-electron chi connectivity index (χ0n) is 15.5. The molecule has 0 unspecified atom stereocenters. The molecule has 1 aliphatic heterocycles. The number of nitrogens with one attached hydrogen (secondary N) is 1. The molecule has 1 aliphatic rings. The second-order valence-electron chi connectivity index (χ2n) is 6.29. The van der Waals surface area contributed by atoms with E-state index in [2.05, 4.69) is 15.3 Å². The number of hydrogen-bond acceptors (Lipinski definition) is 7. The summed E-state index contributed by atoms with van der Waals surface area (Å²) in [4.78, 5) is 21.8. The summed E-state index contributed by atoms with van der Waals surface area (Å²) in [5.74, 6) is 0.345. The molecule has 5 nitrogen and oxygen atoms in total. The van der Waals surface area contributed by atoms with Gasteiger partial charge in [0.25, 0.3) is 5.91 Å². The highest BCUT2D eigenvalue weighted by atomic mass is 35.5. The molecule has 2 aromatic carbocycles. The molecular weight excluding hydrogens is 493 g/mol. The molecule has 0 atom stereocenters. The summed E-state index contributed by atoms with van der Waals surface area (Å²) in [6.07, 6.45) is 1.69. The van der Waals surface area contributed by atoms with Crippen molar-refractivity contribution in [1.82, 2.24) is 10.3 Å². The second-order valence-corrected chi connectivity index (χ2v) is 10.4. The molecule has 3 heterocycles. The Balaban J connectivity index is 1.31. The lowest BCUT2D eigenvalue weighted by Crippen LogP contribution is -2.19. The molecule has 0 saturated carbocycles. The third-order valence-electron chi connectivity index (χ3n) is 4.12. The lowest BCUT2D eigenvalue weighted by atomic mass is 10.3. The number of carbonyl (C=O) groups excluding carboxylic acids is 1. The van der Waals surface area contributed by atoms with Crippen LogP contribution in [0.3, 0.4) is 0 Å². The van der Waals surface area contributed by atoms with Gasteiger partial charge in [-0.3, -0.25) is 4.79 Å². The Labute approximate surface area is 199 Å². The van der Waals surface area contributed by atoms with Gasteiger partial charge in [0.2, 0.25) is 0 Å². The molecule has 1 saturated heterocycles. The van der Waals surface area contributed by atoms with E-state index in [4.69, 9.17) is 27.6 Å². The zero-order valence-corrected chi connectivity index (χ0v) is 19.4. The summed E-state index contributed by atoms with van der Waals surface area (Å²) >= 11 is 16.2. The number of fused-ring (bicyclic) bond motifs is 1. The lowest BCUT2D eigenvalue weighted by molar-refractivity contribution is -0.115. The molecule has 0 bridgehead atoms. The van der Waals surface area contributed by atoms with Gasteiger partial charge in [0, 0.05) is 6.08 Å². The Bertz CT molecular complexity index is 1340. The van der Waals surface area contributed by atoms with E-state index in [0.29, 0.717) is 36.7 Å². The first-order chi connectivity index (χ1) is 15.0. The predicted molar refractivity (Wildman–Crippen MR) is 130 cm³/mol. The minimum Gasteiger partial charge on any atom is -0.450 e. The molecule has 0 radical (unpaired) electrons. The Morgan fingerprint density at radius 1 is 1.10 bits per heavy atom. The number of halogens is 2. The van der Waals surface area contributed by atoms with Crippen molar-refractivity contribution in [2.24, 2.45) is 4.99 Å². The van der Waals surface area contributed by atoms with E-state index in [1.54, 1.807) is 35.6 Å². The molecule has 2 aromatic heterocycles. The highest BCUT2D eigenvalue weighted by Gasteiger charge is 2.24. The Morgan fingerprint density at radius 3 is 2.81 bits per heavy atom. The molecule has 10 heteroatoms. The highest BCUT2D eigenvalue weighted by molar-refractivity contribution is 8.18. The number of nitrogens with zero attached hydrogens (tertiary/aromatic N) is 2. The van der Waals surface area contributed by atoms with Crippen molar-refractivity contribution in [3.63, 3.8) is 0 Å². The fraction of sp³-hybridized carbons (Fsp3) is 0. The average Bonchev–Trinajstić information content (AvgIpc) is 3.44. The van der Waals surface area contributed by atoms with Crippen LogP contribution in [0.1, 0.15) is 5.76 Å². The number of amides is 1. The van der Waals surface area contributed by atoms with Gasteiger partial charge in [-0.2, -0.15) is 0 Å². The molecule has 1 fully saturated rings. The number of hydrogen-bond donors (Lipinski definition) is 1. The van der Waals surface area contributed by atoms with E-state index in [1.807, 2.05) is 36.4 Å². The van der Waals surface area contributed by atoms with Gasteiger partial charge in [-0.05, 0) is 66.0 Å². The van der Waals surface area contributed by atoms with Crippen LogP contribution >= 0.6 is 58.1 Å². The van der Waals surface area contributed by atoms with Crippen LogP contribution in [-0.2, 0) is 4.79 Å². The average molecular weight is 504 g/mol. The summed E-state index contributed by atoms with van der Waals surface area (Å²) in [6.45, 7) is 0. The number of furan rings is 1. The SMILES string of the molecule is O=C1NC(=Nc2ccc(Cl)c(Cl)c2)S/C1=C\c1ccc(Sc2nc3ccccc3s2)o1.